The zero-order valence-corrected chi connectivity index (χ0v) is 11.5. The SMILES string of the molecule is COc1cccc(C(O)CC(C(C)=O)C(C)C)c1. The van der Waals surface area contributed by atoms with Crippen molar-refractivity contribution in [2.24, 2.45) is 11.8 Å². The van der Waals surface area contributed by atoms with Crippen molar-refractivity contribution in [3.63, 3.8) is 0 Å². The number of hydrogen-bond acceptors (Lipinski definition) is 3. The molecule has 1 N–H and O–H groups in total. The van der Waals surface area contributed by atoms with E-state index in [1.54, 1.807) is 14.0 Å². The number of rotatable bonds is 6. The van der Waals surface area contributed by atoms with E-state index >= 15 is 0 Å². The van der Waals surface area contributed by atoms with E-state index in [1.165, 1.54) is 0 Å². The summed E-state index contributed by atoms with van der Waals surface area (Å²) in [4.78, 5) is 11.5. The minimum absolute atomic E-state index is 0.105. The number of Topliss-reactive ketones (excluding diaryl/α,β-unsaturated/α-hetero) is 1. The van der Waals surface area contributed by atoms with Crippen LogP contribution in [0.2, 0.25) is 0 Å². The Balaban J connectivity index is 2.79. The number of ether oxygens (including phenoxy) is 1. The van der Waals surface area contributed by atoms with Gasteiger partial charge in [0, 0.05) is 5.92 Å². The number of aliphatic hydroxyl groups excluding tert-OH is 1. The maximum atomic E-state index is 11.5. The van der Waals surface area contributed by atoms with E-state index in [4.69, 9.17) is 4.74 Å². The molecular formula is C15H22O3. The molecule has 1 aromatic carbocycles. The molecule has 3 nitrogen and oxygen atoms in total. The molecule has 0 bridgehead atoms. The van der Waals surface area contributed by atoms with Crippen LogP contribution < -0.4 is 4.74 Å². The smallest absolute Gasteiger partial charge is 0.133 e. The molecule has 0 saturated carbocycles. The van der Waals surface area contributed by atoms with Crippen LogP contribution >= 0.6 is 0 Å². The summed E-state index contributed by atoms with van der Waals surface area (Å²) in [6, 6.07) is 7.34. The summed E-state index contributed by atoms with van der Waals surface area (Å²) < 4.78 is 5.13. The molecule has 18 heavy (non-hydrogen) atoms. The summed E-state index contributed by atoms with van der Waals surface area (Å²) in [5, 5.41) is 10.2. The molecule has 0 spiro atoms. The maximum Gasteiger partial charge on any atom is 0.133 e. The Morgan fingerprint density at radius 3 is 2.56 bits per heavy atom. The summed E-state index contributed by atoms with van der Waals surface area (Å²) in [7, 11) is 1.60. The van der Waals surface area contributed by atoms with Crippen molar-refractivity contribution < 1.29 is 14.6 Å². The summed E-state index contributed by atoms with van der Waals surface area (Å²) in [5.74, 6) is 0.983. The molecule has 2 atom stereocenters. The van der Waals surface area contributed by atoms with Gasteiger partial charge >= 0.3 is 0 Å². The minimum Gasteiger partial charge on any atom is -0.497 e. The van der Waals surface area contributed by atoms with Crippen molar-refractivity contribution in [2.45, 2.75) is 33.3 Å². The van der Waals surface area contributed by atoms with Gasteiger partial charge in [-0.1, -0.05) is 26.0 Å². The molecule has 0 heterocycles. The molecule has 0 fully saturated rings. The van der Waals surface area contributed by atoms with Gasteiger partial charge in [-0.15, -0.1) is 0 Å². The Hall–Kier alpha value is -1.35. The first-order chi connectivity index (χ1) is 8.45. The van der Waals surface area contributed by atoms with Gasteiger partial charge in [-0.2, -0.15) is 0 Å². The van der Waals surface area contributed by atoms with Gasteiger partial charge in [-0.3, -0.25) is 4.79 Å². The fraction of sp³-hybridized carbons (Fsp3) is 0.533. The van der Waals surface area contributed by atoms with Gasteiger partial charge in [-0.05, 0) is 37.0 Å². The van der Waals surface area contributed by atoms with Gasteiger partial charge in [0.15, 0.2) is 0 Å². The van der Waals surface area contributed by atoms with E-state index in [0.29, 0.717) is 6.42 Å². The van der Waals surface area contributed by atoms with E-state index < -0.39 is 6.10 Å². The number of benzene rings is 1. The third kappa shape index (κ3) is 3.84. The Bertz CT molecular complexity index is 398. The Kier molecular flexibility index (Phi) is 5.35. The zero-order chi connectivity index (χ0) is 13.7. The second-order valence-electron chi connectivity index (χ2n) is 4.99. The van der Waals surface area contributed by atoms with Crippen molar-refractivity contribution in [1.29, 1.82) is 0 Å². The van der Waals surface area contributed by atoms with Crippen LogP contribution in [0.4, 0.5) is 0 Å². The maximum absolute atomic E-state index is 11.5. The van der Waals surface area contributed by atoms with Crippen molar-refractivity contribution in [1.82, 2.24) is 0 Å². The predicted octanol–water partition coefficient (Wildman–Crippen LogP) is 2.98. The van der Waals surface area contributed by atoms with Crippen molar-refractivity contribution in [3.8, 4) is 5.75 Å². The lowest BCUT2D eigenvalue weighted by Gasteiger charge is -2.21. The highest BCUT2D eigenvalue weighted by Gasteiger charge is 2.23. The lowest BCUT2D eigenvalue weighted by Crippen LogP contribution is -2.20. The molecule has 0 aliphatic rings. The molecule has 100 valence electrons. The average molecular weight is 250 g/mol. The van der Waals surface area contributed by atoms with Gasteiger partial charge in [0.2, 0.25) is 0 Å². The highest BCUT2D eigenvalue weighted by molar-refractivity contribution is 5.78. The Labute approximate surface area is 109 Å². The third-order valence-corrected chi connectivity index (χ3v) is 3.28. The largest absolute Gasteiger partial charge is 0.497 e. The molecule has 0 amide bonds. The van der Waals surface area contributed by atoms with Crippen LogP contribution in [-0.4, -0.2) is 18.0 Å². The van der Waals surface area contributed by atoms with E-state index in [2.05, 4.69) is 0 Å². The number of methoxy groups -OCH3 is 1. The van der Waals surface area contributed by atoms with Crippen molar-refractivity contribution in [2.75, 3.05) is 7.11 Å². The van der Waals surface area contributed by atoms with Gasteiger partial charge in [-0.25, -0.2) is 0 Å². The monoisotopic (exact) mass is 250 g/mol. The van der Waals surface area contributed by atoms with E-state index in [-0.39, 0.29) is 17.6 Å². The van der Waals surface area contributed by atoms with E-state index in [1.807, 2.05) is 38.1 Å². The lowest BCUT2D eigenvalue weighted by molar-refractivity contribution is -0.123. The van der Waals surface area contributed by atoms with Crippen LogP contribution in [0.25, 0.3) is 0 Å². The molecule has 3 heteroatoms. The van der Waals surface area contributed by atoms with E-state index in [0.717, 1.165) is 11.3 Å². The first-order valence-electron chi connectivity index (χ1n) is 6.28. The first kappa shape index (κ1) is 14.7. The number of aliphatic hydroxyl groups is 1. The zero-order valence-electron chi connectivity index (χ0n) is 11.5. The highest BCUT2D eigenvalue weighted by Crippen LogP contribution is 2.28. The predicted molar refractivity (Wildman–Crippen MR) is 71.6 cm³/mol. The third-order valence-electron chi connectivity index (χ3n) is 3.28. The number of carbonyl (C=O) groups is 1. The van der Waals surface area contributed by atoms with Gasteiger partial charge in [0.05, 0.1) is 13.2 Å². The quantitative estimate of drug-likeness (QED) is 0.844. The molecule has 1 aromatic rings. The molecule has 0 aromatic heterocycles. The molecule has 0 saturated heterocycles. The van der Waals surface area contributed by atoms with Crippen LogP contribution in [0.5, 0.6) is 5.75 Å². The Morgan fingerprint density at radius 1 is 1.39 bits per heavy atom. The molecule has 1 rings (SSSR count). The first-order valence-corrected chi connectivity index (χ1v) is 6.28. The number of ketones is 1. The average Bonchev–Trinajstić information content (AvgIpc) is 2.34. The van der Waals surface area contributed by atoms with Gasteiger partial charge in [0.1, 0.15) is 11.5 Å². The van der Waals surface area contributed by atoms with Crippen LogP contribution in [-0.2, 0) is 4.79 Å². The molecule has 2 unspecified atom stereocenters. The van der Waals surface area contributed by atoms with Gasteiger partial charge in [0.25, 0.3) is 0 Å². The summed E-state index contributed by atoms with van der Waals surface area (Å²) in [6.45, 7) is 5.59. The summed E-state index contributed by atoms with van der Waals surface area (Å²) in [6.07, 6.45) is -0.170. The molecule has 0 aliphatic heterocycles. The fourth-order valence-electron chi connectivity index (χ4n) is 2.13. The van der Waals surface area contributed by atoms with Crippen LogP contribution in [0.15, 0.2) is 24.3 Å². The molecular weight excluding hydrogens is 228 g/mol. The molecule has 0 aliphatic carbocycles. The second-order valence-corrected chi connectivity index (χ2v) is 4.99. The van der Waals surface area contributed by atoms with Crippen molar-refractivity contribution in [3.05, 3.63) is 29.8 Å². The topological polar surface area (TPSA) is 46.5 Å². The summed E-state index contributed by atoms with van der Waals surface area (Å²) in [5.41, 5.74) is 0.793. The number of hydrogen-bond donors (Lipinski definition) is 1. The minimum atomic E-state index is -0.628. The standard InChI is InChI=1S/C15H22O3/c1-10(2)14(11(3)16)9-15(17)12-6-5-7-13(8-12)18-4/h5-8,10,14-15,17H,9H2,1-4H3. The van der Waals surface area contributed by atoms with Crippen LogP contribution in [0.1, 0.15) is 38.9 Å². The van der Waals surface area contributed by atoms with E-state index in [9.17, 15) is 9.90 Å². The highest BCUT2D eigenvalue weighted by atomic mass is 16.5. The summed E-state index contributed by atoms with van der Waals surface area (Å²) >= 11 is 0. The van der Waals surface area contributed by atoms with Crippen LogP contribution in [0, 0.1) is 11.8 Å². The van der Waals surface area contributed by atoms with Gasteiger partial charge < -0.3 is 9.84 Å². The van der Waals surface area contributed by atoms with Crippen LogP contribution in [0.3, 0.4) is 0 Å². The normalized spacial score (nSPS) is 14.3. The Morgan fingerprint density at radius 2 is 2.06 bits per heavy atom. The fourth-order valence-corrected chi connectivity index (χ4v) is 2.13. The number of carbonyl (C=O) groups excluding carboxylic acids is 1. The second kappa shape index (κ2) is 6.55. The molecule has 0 radical (unpaired) electrons. The van der Waals surface area contributed by atoms with Crippen molar-refractivity contribution >= 4 is 5.78 Å². The lowest BCUT2D eigenvalue weighted by atomic mass is 9.85.